The van der Waals surface area contributed by atoms with E-state index in [1.165, 1.54) is 0 Å². The molecule has 0 aromatic heterocycles. The summed E-state index contributed by atoms with van der Waals surface area (Å²) in [4.78, 5) is 10.9. The van der Waals surface area contributed by atoms with Gasteiger partial charge in [0.05, 0.1) is 6.61 Å². The van der Waals surface area contributed by atoms with Crippen molar-refractivity contribution >= 4 is 5.97 Å². The maximum atomic E-state index is 10.9. The number of ether oxygens (including phenoxy) is 1. The fourth-order valence-corrected chi connectivity index (χ4v) is 0.705. The van der Waals surface area contributed by atoms with Crippen LogP contribution in [-0.2, 0) is 9.53 Å². The molecule has 4 heteroatoms. The Bertz CT molecular complexity index is 117. The Hall–Kier alpha value is -0.610. The molecule has 1 atom stereocenters. The highest BCUT2D eigenvalue weighted by molar-refractivity contribution is 5.75. The van der Waals surface area contributed by atoms with Crippen molar-refractivity contribution in [2.24, 2.45) is 11.5 Å². The van der Waals surface area contributed by atoms with E-state index in [-0.39, 0.29) is 5.97 Å². The smallest absolute Gasteiger partial charge is 0.322 e. The normalized spacial score (nSPS) is 12.6. The molecule has 0 amide bonds. The SMILES string of the molecule is CCOC(=O)[C@H](N)CCCN. The van der Waals surface area contributed by atoms with Crippen LogP contribution in [0.1, 0.15) is 19.8 Å². The quantitative estimate of drug-likeness (QED) is 0.537. The van der Waals surface area contributed by atoms with Crippen molar-refractivity contribution in [2.75, 3.05) is 13.2 Å². The summed E-state index contributed by atoms with van der Waals surface area (Å²) >= 11 is 0. The molecule has 0 aliphatic carbocycles. The highest BCUT2D eigenvalue weighted by atomic mass is 16.5. The van der Waals surface area contributed by atoms with Crippen molar-refractivity contribution in [3.05, 3.63) is 0 Å². The third-order valence-corrected chi connectivity index (χ3v) is 1.31. The van der Waals surface area contributed by atoms with Gasteiger partial charge in [0.15, 0.2) is 0 Å². The Morgan fingerprint density at radius 3 is 2.73 bits per heavy atom. The molecule has 0 aromatic carbocycles. The Morgan fingerprint density at radius 1 is 1.64 bits per heavy atom. The number of nitrogens with two attached hydrogens (primary N) is 2. The molecule has 0 aliphatic rings. The molecule has 0 aliphatic heterocycles. The predicted molar refractivity (Wildman–Crippen MR) is 42.9 cm³/mol. The second-order valence-corrected chi connectivity index (χ2v) is 2.29. The first-order valence-corrected chi connectivity index (χ1v) is 3.84. The van der Waals surface area contributed by atoms with E-state index in [9.17, 15) is 4.79 Å². The Kier molecular flexibility index (Phi) is 5.78. The Morgan fingerprint density at radius 2 is 2.27 bits per heavy atom. The summed E-state index contributed by atoms with van der Waals surface area (Å²) in [5, 5.41) is 0. The molecule has 0 aromatic rings. The molecular weight excluding hydrogens is 144 g/mol. The first-order chi connectivity index (χ1) is 5.22. The lowest BCUT2D eigenvalue weighted by Gasteiger charge is -2.08. The second-order valence-electron chi connectivity index (χ2n) is 2.29. The number of esters is 1. The minimum atomic E-state index is -0.501. The van der Waals surface area contributed by atoms with Crippen LogP contribution < -0.4 is 11.5 Å². The highest BCUT2D eigenvalue weighted by Gasteiger charge is 2.12. The summed E-state index contributed by atoms with van der Waals surface area (Å²) in [7, 11) is 0. The number of hydrogen-bond donors (Lipinski definition) is 2. The molecule has 0 spiro atoms. The first-order valence-electron chi connectivity index (χ1n) is 3.84. The zero-order chi connectivity index (χ0) is 8.69. The standard InChI is InChI=1S/C7H16N2O2/c1-2-11-7(10)6(9)4-3-5-8/h6H,2-5,8-9H2,1H3/t6-/m1/s1. The minimum absolute atomic E-state index is 0.332. The third kappa shape index (κ3) is 4.75. The fourth-order valence-electron chi connectivity index (χ4n) is 0.705. The van der Waals surface area contributed by atoms with E-state index in [2.05, 4.69) is 0 Å². The zero-order valence-electron chi connectivity index (χ0n) is 6.88. The van der Waals surface area contributed by atoms with Crippen molar-refractivity contribution in [2.45, 2.75) is 25.8 Å². The van der Waals surface area contributed by atoms with Gasteiger partial charge in [-0.25, -0.2) is 0 Å². The lowest BCUT2D eigenvalue weighted by molar-refractivity contribution is -0.144. The Labute approximate surface area is 66.9 Å². The van der Waals surface area contributed by atoms with Crippen molar-refractivity contribution in [3.63, 3.8) is 0 Å². The average Bonchev–Trinajstić information content (AvgIpc) is 2.00. The molecule has 11 heavy (non-hydrogen) atoms. The van der Waals surface area contributed by atoms with Gasteiger partial charge < -0.3 is 16.2 Å². The summed E-state index contributed by atoms with van der Waals surface area (Å²) in [5.74, 6) is -0.332. The average molecular weight is 160 g/mol. The summed E-state index contributed by atoms with van der Waals surface area (Å²) in [6, 6.07) is -0.501. The van der Waals surface area contributed by atoms with Gasteiger partial charge in [-0.1, -0.05) is 0 Å². The van der Waals surface area contributed by atoms with E-state index < -0.39 is 6.04 Å². The molecule has 0 saturated heterocycles. The molecule has 66 valence electrons. The topological polar surface area (TPSA) is 78.3 Å². The largest absolute Gasteiger partial charge is 0.465 e. The molecule has 4 N–H and O–H groups in total. The zero-order valence-corrected chi connectivity index (χ0v) is 6.88. The van der Waals surface area contributed by atoms with Gasteiger partial charge in [-0.05, 0) is 26.3 Å². The fraction of sp³-hybridized carbons (Fsp3) is 0.857. The van der Waals surface area contributed by atoms with Crippen LogP contribution >= 0.6 is 0 Å². The van der Waals surface area contributed by atoms with Crippen molar-refractivity contribution in [1.29, 1.82) is 0 Å². The van der Waals surface area contributed by atoms with Gasteiger partial charge >= 0.3 is 5.97 Å². The lowest BCUT2D eigenvalue weighted by atomic mass is 10.2. The summed E-state index contributed by atoms with van der Waals surface area (Å²) < 4.78 is 4.70. The molecular formula is C7H16N2O2. The van der Waals surface area contributed by atoms with Crippen LogP contribution in [0.5, 0.6) is 0 Å². The van der Waals surface area contributed by atoms with Crippen LogP contribution in [-0.4, -0.2) is 25.2 Å². The van der Waals surface area contributed by atoms with Crippen LogP contribution in [0.2, 0.25) is 0 Å². The van der Waals surface area contributed by atoms with E-state index in [4.69, 9.17) is 16.2 Å². The monoisotopic (exact) mass is 160 g/mol. The van der Waals surface area contributed by atoms with E-state index in [1.807, 2.05) is 0 Å². The predicted octanol–water partition coefficient (Wildman–Crippen LogP) is -0.384. The summed E-state index contributed by atoms with van der Waals surface area (Å²) in [6.07, 6.45) is 1.37. The molecule has 0 heterocycles. The molecule has 0 bridgehead atoms. The van der Waals surface area contributed by atoms with Crippen molar-refractivity contribution in [1.82, 2.24) is 0 Å². The van der Waals surface area contributed by atoms with Gasteiger partial charge in [0.2, 0.25) is 0 Å². The van der Waals surface area contributed by atoms with Crippen LogP contribution in [0.15, 0.2) is 0 Å². The summed E-state index contributed by atoms with van der Waals surface area (Å²) in [6.45, 7) is 2.70. The van der Waals surface area contributed by atoms with Gasteiger partial charge in [0.25, 0.3) is 0 Å². The van der Waals surface area contributed by atoms with Crippen LogP contribution in [0.3, 0.4) is 0 Å². The second kappa shape index (κ2) is 6.12. The number of hydrogen-bond acceptors (Lipinski definition) is 4. The van der Waals surface area contributed by atoms with Crippen LogP contribution in [0.25, 0.3) is 0 Å². The number of carbonyl (C=O) groups is 1. The Balaban J connectivity index is 3.46. The van der Waals surface area contributed by atoms with Gasteiger partial charge in [-0.3, -0.25) is 4.79 Å². The van der Waals surface area contributed by atoms with Gasteiger partial charge in [-0.2, -0.15) is 0 Å². The van der Waals surface area contributed by atoms with Crippen molar-refractivity contribution in [3.8, 4) is 0 Å². The van der Waals surface area contributed by atoms with Crippen LogP contribution in [0, 0.1) is 0 Å². The van der Waals surface area contributed by atoms with Gasteiger partial charge in [0, 0.05) is 0 Å². The van der Waals surface area contributed by atoms with E-state index in [0.717, 1.165) is 6.42 Å². The number of carbonyl (C=O) groups excluding carboxylic acids is 1. The van der Waals surface area contributed by atoms with Gasteiger partial charge in [0.1, 0.15) is 6.04 Å². The number of rotatable bonds is 5. The molecule has 0 rings (SSSR count). The molecule has 0 unspecified atom stereocenters. The van der Waals surface area contributed by atoms with E-state index in [0.29, 0.717) is 19.6 Å². The highest BCUT2D eigenvalue weighted by Crippen LogP contribution is 1.95. The van der Waals surface area contributed by atoms with E-state index in [1.54, 1.807) is 6.92 Å². The van der Waals surface area contributed by atoms with Crippen molar-refractivity contribution < 1.29 is 9.53 Å². The minimum Gasteiger partial charge on any atom is -0.465 e. The lowest BCUT2D eigenvalue weighted by Crippen LogP contribution is -2.32. The molecule has 0 saturated carbocycles. The summed E-state index contributed by atoms with van der Waals surface area (Å²) in [5.41, 5.74) is 10.7. The first kappa shape index (κ1) is 10.4. The third-order valence-electron chi connectivity index (χ3n) is 1.31. The molecule has 0 fully saturated rings. The van der Waals surface area contributed by atoms with Crippen LogP contribution in [0.4, 0.5) is 0 Å². The molecule has 4 nitrogen and oxygen atoms in total. The molecule has 0 radical (unpaired) electrons. The maximum Gasteiger partial charge on any atom is 0.322 e. The van der Waals surface area contributed by atoms with Gasteiger partial charge in [-0.15, -0.1) is 0 Å². The van der Waals surface area contributed by atoms with E-state index >= 15 is 0 Å². The maximum absolute atomic E-state index is 10.9.